The first kappa shape index (κ1) is 9.08. The molecule has 0 unspecified atom stereocenters. The van der Waals surface area contributed by atoms with Crippen LogP contribution < -0.4 is 5.73 Å². The van der Waals surface area contributed by atoms with E-state index in [1.165, 1.54) is 0 Å². The van der Waals surface area contributed by atoms with Crippen molar-refractivity contribution in [2.75, 3.05) is 11.1 Å². The molecule has 3 heteroatoms. The highest BCUT2D eigenvalue weighted by Crippen LogP contribution is 1.99. The van der Waals surface area contributed by atoms with Crippen molar-refractivity contribution in [3.8, 4) is 11.8 Å². The fourth-order valence-electron chi connectivity index (χ4n) is 0.680. The number of anilines is 1. The van der Waals surface area contributed by atoms with E-state index in [9.17, 15) is 0 Å². The lowest BCUT2D eigenvalue weighted by Crippen LogP contribution is -1.87. The Balaban J connectivity index is 2.66. The molecule has 12 heavy (non-hydrogen) atoms. The molecule has 0 atom stereocenters. The van der Waals surface area contributed by atoms with Crippen molar-refractivity contribution in [2.45, 2.75) is 6.42 Å². The van der Waals surface area contributed by atoms with Crippen LogP contribution in [0.25, 0.3) is 0 Å². The highest BCUT2D eigenvalue weighted by molar-refractivity contribution is 9.09. The van der Waals surface area contributed by atoms with Crippen LogP contribution in [0.1, 0.15) is 12.1 Å². The molecule has 0 saturated heterocycles. The van der Waals surface area contributed by atoms with Gasteiger partial charge in [0.1, 0.15) is 5.69 Å². The summed E-state index contributed by atoms with van der Waals surface area (Å²) in [7, 11) is 0. The highest BCUT2D eigenvalue weighted by atomic mass is 79.9. The number of hydrogen-bond acceptors (Lipinski definition) is 2. The van der Waals surface area contributed by atoms with E-state index >= 15 is 0 Å². The minimum absolute atomic E-state index is 0.668. The van der Waals surface area contributed by atoms with E-state index in [4.69, 9.17) is 5.73 Å². The van der Waals surface area contributed by atoms with Gasteiger partial charge in [-0.05, 0) is 18.1 Å². The van der Waals surface area contributed by atoms with Gasteiger partial charge in [0.25, 0.3) is 0 Å². The summed E-state index contributed by atoms with van der Waals surface area (Å²) in [6.45, 7) is 0. The minimum atomic E-state index is 0.668. The Kier molecular flexibility index (Phi) is 3.62. The quantitative estimate of drug-likeness (QED) is 0.584. The molecule has 0 radical (unpaired) electrons. The molecule has 0 fully saturated rings. The van der Waals surface area contributed by atoms with Gasteiger partial charge in [0.2, 0.25) is 0 Å². The number of nitrogens with zero attached hydrogens (tertiary/aromatic N) is 1. The summed E-state index contributed by atoms with van der Waals surface area (Å²) in [6, 6.07) is 3.61. The van der Waals surface area contributed by atoms with Crippen LogP contribution in [0.2, 0.25) is 0 Å². The number of nitrogen functional groups attached to an aromatic ring is 1. The molecule has 0 amide bonds. The number of nitrogens with two attached hydrogens (primary N) is 1. The van der Waals surface area contributed by atoms with Crippen LogP contribution in [0.3, 0.4) is 0 Å². The molecular weight excluding hydrogens is 216 g/mol. The number of alkyl halides is 1. The van der Waals surface area contributed by atoms with Crippen LogP contribution in [-0.2, 0) is 0 Å². The van der Waals surface area contributed by atoms with Gasteiger partial charge in [0.05, 0.1) is 11.9 Å². The number of halogens is 1. The van der Waals surface area contributed by atoms with Gasteiger partial charge in [0, 0.05) is 11.8 Å². The maximum Gasteiger partial charge on any atom is 0.113 e. The Morgan fingerprint density at radius 2 is 2.33 bits per heavy atom. The SMILES string of the molecule is Nc1ccc(C#CCCBr)nc1. The first-order valence-electron chi connectivity index (χ1n) is 3.59. The summed E-state index contributed by atoms with van der Waals surface area (Å²) in [6.07, 6.45) is 2.45. The molecule has 2 N–H and O–H groups in total. The third kappa shape index (κ3) is 2.93. The minimum Gasteiger partial charge on any atom is -0.397 e. The number of pyridine rings is 1. The zero-order valence-electron chi connectivity index (χ0n) is 6.55. The van der Waals surface area contributed by atoms with E-state index in [1.807, 2.05) is 6.07 Å². The first-order chi connectivity index (χ1) is 5.83. The summed E-state index contributed by atoms with van der Waals surface area (Å²) < 4.78 is 0. The standard InChI is InChI=1S/C9H9BrN2/c10-6-2-1-3-9-5-4-8(11)7-12-9/h4-5,7H,2,6,11H2. The van der Waals surface area contributed by atoms with Crippen molar-refractivity contribution in [3.05, 3.63) is 24.0 Å². The predicted molar refractivity (Wildman–Crippen MR) is 53.9 cm³/mol. The molecule has 62 valence electrons. The topological polar surface area (TPSA) is 38.9 Å². The smallest absolute Gasteiger partial charge is 0.113 e. The second-order valence-corrected chi connectivity index (χ2v) is 3.01. The Hall–Kier alpha value is -1.01. The second kappa shape index (κ2) is 4.78. The van der Waals surface area contributed by atoms with Gasteiger partial charge in [-0.3, -0.25) is 0 Å². The van der Waals surface area contributed by atoms with Gasteiger partial charge in [-0.2, -0.15) is 0 Å². The van der Waals surface area contributed by atoms with Crippen molar-refractivity contribution in [3.63, 3.8) is 0 Å². The van der Waals surface area contributed by atoms with E-state index in [0.29, 0.717) is 5.69 Å². The lowest BCUT2D eigenvalue weighted by atomic mass is 10.3. The molecule has 0 saturated carbocycles. The van der Waals surface area contributed by atoms with Crippen molar-refractivity contribution in [2.24, 2.45) is 0 Å². The molecule has 0 aliphatic carbocycles. The van der Waals surface area contributed by atoms with Crippen LogP contribution in [0.4, 0.5) is 5.69 Å². The van der Waals surface area contributed by atoms with Crippen molar-refractivity contribution < 1.29 is 0 Å². The molecule has 0 aromatic carbocycles. The maximum atomic E-state index is 5.46. The number of hydrogen-bond donors (Lipinski definition) is 1. The van der Waals surface area contributed by atoms with Crippen LogP contribution >= 0.6 is 15.9 Å². The largest absolute Gasteiger partial charge is 0.397 e. The second-order valence-electron chi connectivity index (χ2n) is 2.22. The van der Waals surface area contributed by atoms with Crippen molar-refractivity contribution >= 4 is 21.6 Å². The highest BCUT2D eigenvalue weighted by Gasteiger charge is 1.86. The molecule has 1 aromatic rings. The lowest BCUT2D eigenvalue weighted by Gasteiger charge is -1.90. The molecule has 0 spiro atoms. The summed E-state index contributed by atoms with van der Waals surface area (Å²) in [5.74, 6) is 5.90. The summed E-state index contributed by atoms with van der Waals surface area (Å²) in [5, 5.41) is 0.898. The van der Waals surface area contributed by atoms with Crippen molar-refractivity contribution in [1.82, 2.24) is 4.98 Å². The zero-order valence-corrected chi connectivity index (χ0v) is 8.13. The fraction of sp³-hybridized carbons (Fsp3) is 0.222. The fourth-order valence-corrected chi connectivity index (χ4v) is 0.878. The van der Waals surface area contributed by atoms with Crippen LogP contribution in [0.5, 0.6) is 0 Å². The molecule has 0 aliphatic heterocycles. The first-order valence-corrected chi connectivity index (χ1v) is 4.71. The van der Waals surface area contributed by atoms with Gasteiger partial charge < -0.3 is 5.73 Å². The van der Waals surface area contributed by atoms with E-state index in [1.54, 1.807) is 12.3 Å². The average molecular weight is 225 g/mol. The van der Waals surface area contributed by atoms with E-state index in [0.717, 1.165) is 17.4 Å². The molecule has 0 aliphatic rings. The molecular formula is C9H9BrN2. The zero-order chi connectivity index (χ0) is 8.81. The molecule has 1 heterocycles. The summed E-state index contributed by atoms with van der Waals surface area (Å²) in [5.41, 5.74) is 6.90. The molecule has 1 aromatic heterocycles. The Labute approximate surface area is 80.3 Å². The van der Waals surface area contributed by atoms with Gasteiger partial charge in [0.15, 0.2) is 0 Å². The lowest BCUT2D eigenvalue weighted by molar-refractivity contribution is 1.27. The molecule has 0 bridgehead atoms. The maximum absolute atomic E-state index is 5.46. The summed E-state index contributed by atoms with van der Waals surface area (Å²) >= 11 is 3.29. The molecule has 2 nitrogen and oxygen atoms in total. The monoisotopic (exact) mass is 224 g/mol. The van der Waals surface area contributed by atoms with Crippen LogP contribution in [0, 0.1) is 11.8 Å². The van der Waals surface area contributed by atoms with E-state index < -0.39 is 0 Å². The number of rotatable bonds is 1. The van der Waals surface area contributed by atoms with Crippen LogP contribution in [0.15, 0.2) is 18.3 Å². The third-order valence-corrected chi connectivity index (χ3v) is 1.62. The Morgan fingerprint density at radius 3 is 2.92 bits per heavy atom. The van der Waals surface area contributed by atoms with Gasteiger partial charge in [-0.25, -0.2) is 4.98 Å². The Bertz CT molecular complexity index is 295. The summed E-state index contributed by atoms with van der Waals surface area (Å²) in [4.78, 5) is 4.04. The van der Waals surface area contributed by atoms with E-state index in [-0.39, 0.29) is 0 Å². The van der Waals surface area contributed by atoms with Crippen LogP contribution in [-0.4, -0.2) is 10.3 Å². The average Bonchev–Trinajstić information content (AvgIpc) is 2.09. The van der Waals surface area contributed by atoms with E-state index in [2.05, 4.69) is 32.8 Å². The van der Waals surface area contributed by atoms with Gasteiger partial charge in [-0.1, -0.05) is 21.9 Å². The van der Waals surface area contributed by atoms with Gasteiger partial charge >= 0.3 is 0 Å². The Morgan fingerprint density at radius 1 is 1.50 bits per heavy atom. The number of aromatic nitrogens is 1. The van der Waals surface area contributed by atoms with Crippen molar-refractivity contribution in [1.29, 1.82) is 0 Å². The van der Waals surface area contributed by atoms with Gasteiger partial charge in [-0.15, -0.1) is 0 Å². The third-order valence-electron chi connectivity index (χ3n) is 1.22. The predicted octanol–water partition coefficient (Wildman–Crippen LogP) is 1.80. The molecule has 1 rings (SSSR count). The normalized spacial score (nSPS) is 8.75.